The number of hydrogen-bond acceptors (Lipinski definition) is 4. The van der Waals surface area contributed by atoms with Gasteiger partial charge in [-0.05, 0) is 80.2 Å². The Morgan fingerprint density at radius 3 is 2.38 bits per heavy atom. The molecule has 2 aromatic carbocycles. The van der Waals surface area contributed by atoms with Crippen LogP contribution in [0.5, 0.6) is 11.5 Å². The maximum Gasteiger partial charge on any atom is 0.324 e. The fourth-order valence-corrected chi connectivity index (χ4v) is 5.62. The molecule has 0 radical (unpaired) electrons. The molecule has 0 aromatic heterocycles. The summed E-state index contributed by atoms with van der Waals surface area (Å²) in [5.74, 6) is 1.78. The van der Waals surface area contributed by atoms with Crippen LogP contribution in [0.2, 0.25) is 0 Å². The summed E-state index contributed by atoms with van der Waals surface area (Å²) in [6.45, 7) is 5.48. The van der Waals surface area contributed by atoms with E-state index in [-0.39, 0.29) is 11.4 Å². The van der Waals surface area contributed by atoms with Gasteiger partial charge in [0.25, 0.3) is 0 Å². The van der Waals surface area contributed by atoms with Crippen LogP contribution < -0.4 is 14.4 Å². The SMILES string of the molecule is COc1cccc(CN2CCC3(CC2)CN(C(=O)N2CCCC2)c2ccc(OC)cc23)c1. The minimum Gasteiger partial charge on any atom is -0.497 e. The Bertz CT molecular complexity index is 978. The number of nitrogens with zero attached hydrogens (tertiary/aromatic N) is 3. The van der Waals surface area contributed by atoms with E-state index >= 15 is 0 Å². The van der Waals surface area contributed by atoms with Crippen molar-refractivity contribution in [3.63, 3.8) is 0 Å². The standard InChI is InChI=1S/C26H33N3O3/c1-31-21-7-5-6-20(16-21)18-27-14-10-26(11-15-27)19-29(25(30)28-12-3-4-13-28)24-9-8-22(32-2)17-23(24)26/h5-9,16-17H,3-4,10-15,18-19H2,1-2H3. The van der Waals surface area contributed by atoms with Crippen LogP contribution in [-0.2, 0) is 12.0 Å². The molecule has 6 heteroatoms. The van der Waals surface area contributed by atoms with E-state index in [0.717, 1.165) is 82.1 Å². The van der Waals surface area contributed by atoms with E-state index in [9.17, 15) is 4.79 Å². The van der Waals surface area contributed by atoms with E-state index < -0.39 is 0 Å². The van der Waals surface area contributed by atoms with Gasteiger partial charge in [-0.25, -0.2) is 4.79 Å². The molecule has 3 heterocycles. The topological polar surface area (TPSA) is 45.2 Å². The predicted molar refractivity (Wildman–Crippen MR) is 126 cm³/mol. The molecule has 0 N–H and O–H groups in total. The summed E-state index contributed by atoms with van der Waals surface area (Å²) in [6.07, 6.45) is 4.31. The predicted octanol–water partition coefficient (Wildman–Crippen LogP) is 4.27. The number of rotatable bonds is 4. The Balaban J connectivity index is 1.35. The largest absolute Gasteiger partial charge is 0.497 e. The summed E-state index contributed by atoms with van der Waals surface area (Å²) in [6, 6.07) is 14.7. The maximum absolute atomic E-state index is 13.4. The summed E-state index contributed by atoms with van der Waals surface area (Å²) in [7, 11) is 3.43. The normalized spacial score (nSPS) is 19.9. The quantitative estimate of drug-likeness (QED) is 0.719. The maximum atomic E-state index is 13.4. The molecule has 2 aromatic rings. The molecule has 1 spiro atoms. The lowest BCUT2D eigenvalue weighted by Crippen LogP contribution is -2.48. The van der Waals surface area contributed by atoms with E-state index in [0.29, 0.717) is 0 Å². The first-order valence-electron chi connectivity index (χ1n) is 11.7. The number of hydrogen-bond donors (Lipinski definition) is 0. The number of benzene rings is 2. The van der Waals surface area contributed by atoms with Gasteiger partial charge in [0.05, 0.1) is 14.2 Å². The lowest BCUT2D eigenvalue weighted by Gasteiger charge is -2.40. The van der Waals surface area contributed by atoms with Gasteiger partial charge in [-0.15, -0.1) is 0 Å². The molecule has 0 unspecified atom stereocenters. The number of carbonyl (C=O) groups excluding carboxylic acids is 1. The highest BCUT2D eigenvalue weighted by Crippen LogP contribution is 2.48. The molecular weight excluding hydrogens is 402 g/mol. The second-order valence-corrected chi connectivity index (χ2v) is 9.35. The zero-order valence-electron chi connectivity index (χ0n) is 19.2. The number of piperidine rings is 1. The molecule has 0 bridgehead atoms. The van der Waals surface area contributed by atoms with Crippen molar-refractivity contribution in [3.05, 3.63) is 53.6 Å². The zero-order valence-corrected chi connectivity index (χ0v) is 19.2. The molecule has 6 nitrogen and oxygen atoms in total. The van der Waals surface area contributed by atoms with Gasteiger partial charge in [0.1, 0.15) is 11.5 Å². The van der Waals surface area contributed by atoms with E-state index in [1.807, 2.05) is 21.9 Å². The first kappa shape index (κ1) is 21.1. The minimum atomic E-state index is 0.00410. The van der Waals surface area contributed by atoms with Crippen molar-refractivity contribution >= 4 is 11.7 Å². The molecule has 2 saturated heterocycles. The van der Waals surface area contributed by atoms with E-state index in [4.69, 9.17) is 9.47 Å². The van der Waals surface area contributed by atoms with Gasteiger partial charge in [0.2, 0.25) is 0 Å². The molecule has 2 fully saturated rings. The van der Waals surface area contributed by atoms with Gasteiger partial charge >= 0.3 is 6.03 Å². The van der Waals surface area contributed by atoms with Crippen LogP contribution in [0.25, 0.3) is 0 Å². The van der Waals surface area contributed by atoms with Gasteiger partial charge in [-0.1, -0.05) is 12.1 Å². The average Bonchev–Trinajstić information content (AvgIpc) is 3.48. The van der Waals surface area contributed by atoms with Crippen LogP contribution in [0, 0.1) is 0 Å². The molecule has 3 aliphatic heterocycles. The van der Waals surface area contributed by atoms with Crippen LogP contribution in [-0.4, -0.2) is 62.8 Å². The molecule has 32 heavy (non-hydrogen) atoms. The highest BCUT2D eigenvalue weighted by atomic mass is 16.5. The van der Waals surface area contributed by atoms with Crippen molar-refractivity contribution in [1.29, 1.82) is 0 Å². The first-order valence-corrected chi connectivity index (χ1v) is 11.7. The van der Waals surface area contributed by atoms with Gasteiger partial charge in [-0.3, -0.25) is 9.80 Å². The van der Waals surface area contributed by atoms with E-state index in [2.05, 4.69) is 35.2 Å². The fraction of sp³-hybridized carbons (Fsp3) is 0.500. The van der Waals surface area contributed by atoms with E-state index in [1.165, 1.54) is 11.1 Å². The number of methoxy groups -OCH3 is 2. The van der Waals surface area contributed by atoms with Crippen molar-refractivity contribution in [2.45, 2.75) is 37.6 Å². The van der Waals surface area contributed by atoms with E-state index in [1.54, 1.807) is 14.2 Å². The molecule has 0 atom stereocenters. The highest BCUT2D eigenvalue weighted by molar-refractivity contribution is 5.95. The van der Waals surface area contributed by atoms with Crippen molar-refractivity contribution in [2.24, 2.45) is 0 Å². The summed E-state index contributed by atoms with van der Waals surface area (Å²) < 4.78 is 10.9. The Kier molecular flexibility index (Phi) is 5.72. The number of likely N-dealkylation sites (tertiary alicyclic amines) is 2. The van der Waals surface area contributed by atoms with Crippen molar-refractivity contribution in [2.75, 3.05) is 51.8 Å². The zero-order chi connectivity index (χ0) is 22.1. The smallest absolute Gasteiger partial charge is 0.324 e. The Hall–Kier alpha value is -2.73. The Morgan fingerprint density at radius 1 is 0.938 bits per heavy atom. The van der Waals surface area contributed by atoms with Crippen molar-refractivity contribution in [1.82, 2.24) is 9.80 Å². The van der Waals surface area contributed by atoms with Crippen LogP contribution in [0.1, 0.15) is 36.8 Å². The van der Waals surface area contributed by atoms with Crippen molar-refractivity contribution in [3.8, 4) is 11.5 Å². The number of fused-ring (bicyclic) bond motifs is 2. The molecule has 0 saturated carbocycles. The number of ether oxygens (including phenoxy) is 2. The molecule has 3 aliphatic rings. The van der Waals surface area contributed by atoms with Crippen LogP contribution in [0.15, 0.2) is 42.5 Å². The first-order chi connectivity index (χ1) is 15.6. The minimum absolute atomic E-state index is 0.00410. The molecule has 0 aliphatic carbocycles. The van der Waals surface area contributed by atoms with Gasteiger partial charge in [-0.2, -0.15) is 0 Å². The molecule has 2 amide bonds. The lowest BCUT2D eigenvalue weighted by molar-refractivity contribution is 0.158. The Labute approximate surface area is 190 Å². The van der Waals surface area contributed by atoms with Gasteiger partial charge < -0.3 is 14.4 Å². The van der Waals surface area contributed by atoms with Crippen LogP contribution >= 0.6 is 0 Å². The third-order valence-corrected chi connectivity index (χ3v) is 7.49. The summed E-state index contributed by atoms with van der Waals surface area (Å²) >= 11 is 0. The van der Waals surface area contributed by atoms with Crippen LogP contribution in [0.4, 0.5) is 10.5 Å². The highest BCUT2D eigenvalue weighted by Gasteiger charge is 2.47. The fourth-order valence-electron chi connectivity index (χ4n) is 5.62. The summed E-state index contributed by atoms with van der Waals surface area (Å²) in [4.78, 5) is 19.9. The second kappa shape index (κ2) is 8.66. The van der Waals surface area contributed by atoms with Gasteiger partial charge in [0, 0.05) is 37.3 Å². The van der Waals surface area contributed by atoms with Gasteiger partial charge in [0.15, 0.2) is 0 Å². The third-order valence-electron chi connectivity index (χ3n) is 7.49. The van der Waals surface area contributed by atoms with Crippen LogP contribution in [0.3, 0.4) is 0 Å². The lowest BCUT2D eigenvalue weighted by atomic mass is 9.74. The Morgan fingerprint density at radius 2 is 1.66 bits per heavy atom. The molecule has 5 rings (SSSR count). The number of carbonyl (C=O) groups is 1. The average molecular weight is 436 g/mol. The number of urea groups is 1. The number of anilines is 1. The molecule has 170 valence electrons. The second-order valence-electron chi connectivity index (χ2n) is 9.35. The summed E-state index contributed by atoms with van der Waals surface area (Å²) in [5, 5.41) is 0. The van der Waals surface area contributed by atoms with Crippen molar-refractivity contribution < 1.29 is 14.3 Å². The number of amides is 2. The summed E-state index contributed by atoms with van der Waals surface area (Å²) in [5.41, 5.74) is 3.64. The monoisotopic (exact) mass is 435 g/mol. The molecular formula is C26H33N3O3. The third kappa shape index (κ3) is 3.81.